The van der Waals surface area contributed by atoms with Gasteiger partial charge in [-0.15, -0.1) is 15.3 Å². The van der Waals surface area contributed by atoms with Crippen LogP contribution in [0.25, 0.3) is 0 Å². The number of allylic oxidation sites excluding steroid dienone is 2. The van der Waals surface area contributed by atoms with E-state index in [1.54, 1.807) is 29.4 Å². The van der Waals surface area contributed by atoms with Crippen LogP contribution >= 0.6 is 34.8 Å². The summed E-state index contributed by atoms with van der Waals surface area (Å²) in [4.78, 5) is 53.9. The number of anilines is 4. The molecule has 6 aliphatic rings. The van der Waals surface area contributed by atoms with Gasteiger partial charge in [-0.1, -0.05) is 78.3 Å². The molecule has 12 rings (SSSR count). The van der Waals surface area contributed by atoms with Crippen molar-refractivity contribution in [3.63, 3.8) is 0 Å². The van der Waals surface area contributed by atoms with E-state index in [-0.39, 0.29) is 35.0 Å². The van der Waals surface area contributed by atoms with Crippen molar-refractivity contribution in [2.45, 2.75) is 123 Å². The molecule has 0 unspecified atom stereocenters. The van der Waals surface area contributed by atoms with Crippen LogP contribution in [0.2, 0.25) is 15.1 Å². The molecule has 0 atom stereocenters. The molecular formula is C66H87Cl3N16O5S. The Morgan fingerprint density at radius 1 is 0.495 bits per heavy atom. The maximum Gasteiger partial charge on any atom is 0.344 e. The van der Waals surface area contributed by atoms with Crippen molar-refractivity contribution in [3.05, 3.63) is 159 Å². The molecule has 3 amide bonds. The van der Waals surface area contributed by atoms with Gasteiger partial charge in [0.1, 0.15) is 0 Å². The highest BCUT2D eigenvalue weighted by Crippen LogP contribution is 2.42. The number of aryl methyl sites for hydroxylation is 2. The van der Waals surface area contributed by atoms with Gasteiger partial charge in [-0.2, -0.15) is 14.0 Å². The van der Waals surface area contributed by atoms with Gasteiger partial charge in [0, 0.05) is 154 Å². The maximum atomic E-state index is 12.9. The Kier molecular flexibility index (Phi) is 21.6. The zero-order chi connectivity index (χ0) is 64.6. The van der Waals surface area contributed by atoms with Crippen LogP contribution in [0.5, 0.6) is 0 Å². The molecule has 2 spiro atoms. The van der Waals surface area contributed by atoms with Crippen molar-refractivity contribution < 1.29 is 22.8 Å². The third-order valence-electron chi connectivity index (χ3n) is 18.5. The number of nitrogens with one attached hydrogen (secondary N) is 3. The summed E-state index contributed by atoms with van der Waals surface area (Å²) in [6, 6.07) is 23.6. The largest absolute Gasteiger partial charge is 0.370 e. The fraction of sp³-hybridized carbons (Fsp3) is 0.485. The van der Waals surface area contributed by atoms with Gasteiger partial charge in [-0.3, -0.25) is 19.4 Å². The number of halogens is 3. The minimum absolute atomic E-state index is 0.0579. The first-order chi connectivity index (χ1) is 43.5. The third-order valence-corrected chi connectivity index (χ3v) is 20.2. The first-order valence-electron chi connectivity index (χ1n) is 31.6. The van der Waals surface area contributed by atoms with E-state index in [0.29, 0.717) is 24.7 Å². The minimum atomic E-state index is -3.43. The third kappa shape index (κ3) is 17.0. The van der Waals surface area contributed by atoms with Crippen molar-refractivity contribution in [2.75, 3.05) is 105 Å². The van der Waals surface area contributed by atoms with E-state index in [9.17, 15) is 22.8 Å². The Morgan fingerprint density at radius 3 is 1.41 bits per heavy atom. The summed E-state index contributed by atoms with van der Waals surface area (Å²) in [5, 5.41) is 21.2. The van der Waals surface area contributed by atoms with E-state index in [4.69, 9.17) is 34.8 Å². The number of carbonyl (C=O) groups excluding carboxylic acids is 3. The average Bonchev–Trinajstić information content (AvgIpc) is 1.78. The van der Waals surface area contributed by atoms with Crippen LogP contribution in [-0.4, -0.2) is 181 Å². The fourth-order valence-electron chi connectivity index (χ4n) is 13.6. The Labute approximate surface area is 550 Å². The number of sulfonamides is 1. The molecule has 9 heterocycles. The van der Waals surface area contributed by atoms with Crippen molar-refractivity contribution in [1.82, 2.24) is 58.7 Å². The summed E-state index contributed by atoms with van der Waals surface area (Å²) < 4.78 is 28.9. The van der Waals surface area contributed by atoms with Crippen molar-refractivity contribution >= 4 is 86.1 Å². The van der Waals surface area contributed by atoms with Crippen LogP contribution in [0.15, 0.2) is 116 Å². The highest BCUT2D eigenvalue weighted by Gasteiger charge is 2.45. The second-order valence-electron chi connectivity index (χ2n) is 25.4. The molecule has 0 aliphatic carbocycles. The summed E-state index contributed by atoms with van der Waals surface area (Å²) in [6.07, 6.45) is 17.2. The maximum absolute atomic E-state index is 12.9. The molecular weight excluding hydrogens is 1240 g/mol. The lowest BCUT2D eigenvalue weighted by Gasteiger charge is -2.45. The number of likely N-dealkylation sites (tertiary alicyclic amines) is 4. The molecule has 488 valence electrons. The van der Waals surface area contributed by atoms with Crippen LogP contribution < -0.4 is 20.3 Å². The van der Waals surface area contributed by atoms with Gasteiger partial charge >= 0.3 is 18.1 Å². The lowest BCUT2D eigenvalue weighted by atomic mass is 9.84. The zero-order valence-electron chi connectivity index (χ0n) is 53.1. The first kappa shape index (κ1) is 67.0. The smallest absolute Gasteiger partial charge is 0.344 e. The molecule has 0 saturated carbocycles. The van der Waals surface area contributed by atoms with Crippen molar-refractivity contribution in [1.29, 1.82) is 0 Å². The number of rotatable bonds is 13. The predicted molar refractivity (Wildman–Crippen MR) is 363 cm³/mol. The summed E-state index contributed by atoms with van der Waals surface area (Å²) in [6.45, 7) is 28.2. The first-order valence-corrected chi connectivity index (χ1v) is 34.7. The second-order valence-corrected chi connectivity index (χ2v) is 28.3. The van der Waals surface area contributed by atoms with Crippen molar-refractivity contribution in [3.8, 4) is 0 Å². The van der Waals surface area contributed by atoms with Crippen LogP contribution in [0.1, 0.15) is 106 Å². The number of carbonyl (C=O) groups is 3. The summed E-state index contributed by atoms with van der Waals surface area (Å²) >= 11 is 19.0. The van der Waals surface area contributed by atoms with E-state index >= 15 is 0 Å². The van der Waals surface area contributed by atoms with Gasteiger partial charge in [-0.25, -0.2) is 22.8 Å². The SMILES string of the molecule is C=C(C)Nc1ccn(C(=O)N2CCC3(CCCN3Cc3ccc(C)c(Cl)c3)CC2)n1.C=C(C)Nc1ccn(C(=O)N2CCC3(CCCN3Cc3ccc(Cl)c(C)c3)CC2)n1.CS(=O)(=O)Nc1ccn(C(=O)N2CCN(Cc3ccc(Cl)c(N4CCCC4)c3)CC2)n1. The molecule has 6 aromatic rings. The van der Waals surface area contributed by atoms with Gasteiger partial charge in [0.05, 0.1) is 17.0 Å². The molecule has 91 heavy (non-hydrogen) atoms. The summed E-state index contributed by atoms with van der Waals surface area (Å²) in [5.74, 6) is 1.42. The van der Waals surface area contributed by atoms with E-state index < -0.39 is 10.0 Å². The van der Waals surface area contributed by atoms with E-state index in [2.05, 4.69) is 113 Å². The molecule has 21 nitrogen and oxygen atoms in total. The molecule has 6 saturated heterocycles. The molecule has 3 aromatic carbocycles. The van der Waals surface area contributed by atoms with Gasteiger partial charge in [0.15, 0.2) is 17.5 Å². The number of amides is 3. The average molecular weight is 1320 g/mol. The van der Waals surface area contributed by atoms with E-state index in [1.165, 1.54) is 81.5 Å². The Morgan fingerprint density at radius 2 is 0.934 bits per heavy atom. The minimum Gasteiger partial charge on any atom is -0.370 e. The zero-order valence-corrected chi connectivity index (χ0v) is 56.2. The van der Waals surface area contributed by atoms with Crippen LogP contribution in [0.4, 0.5) is 37.5 Å². The standard InChI is InChI=1S/2C23H30ClN5O.C20H27ClN6O3S/c1-17(2)25-21-7-12-29(26-21)22(30)27-13-9-23(10-14-27)8-4-11-28(23)16-19-5-6-20(24)18(3)15-19;1-17(2)25-21-7-12-29(26-21)22(30)27-13-9-23(10-14-27)8-4-11-28(23)16-19-6-5-18(3)20(24)15-19;1-31(29,30)23-19-6-9-27(22-19)20(28)26-12-10-24(11-13-26)15-16-4-5-17(21)18(14-16)25-7-2-3-8-25/h2*5-7,12,15H,1,4,8-11,13-14,16H2,2-3H3,(H,25,26);4-6,9,14H,2-3,7-8,10-13,15H2,1H3,(H,22,23). The fourth-order valence-corrected chi connectivity index (χ4v) is 14.6. The number of benzene rings is 3. The molecule has 3 N–H and O–H groups in total. The molecule has 3 aromatic heterocycles. The number of piperidine rings is 2. The number of aromatic nitrogens is 6. The molecule has 6 aliphatic heterocycles. The Balaban J connectivity index is 0.000000150. The van der Waals surface area contributed by atoms with Crippen molar-refractivity contribution in [2.24, 2.45) is 0 Å². The van der Waals surface area contributed by atoms with E-state index in [1.807, 2.05) is 42.7 Å². The number of nitrogens with zero attached hydrogens (tertiary/aromatic N) is 13. The van der Waals surface area contributed by atoms with Gasteiger partial charge in [0.25, 0.3) is 0 Å². The summed E-state index contributed by atoms with van der Waals surface area (Å²) in [7, 11) is -3.43. The predicted octanol–water partition coefficient (Wildman–Crippen LogP) is 12.1. The molecule has 0 bridgehead atoms. The lowest BCUT2D eigenvalue weighted by Crippen LogP contribution is -2.53. The topological polar surface area (TPSA) is 198 Å². The quantitative estimate of drug-likeness (QED) is 0.0987. The molecule has 0 radical (unpaired) electrons. The summed E-state index contributed by atoms with van der Waals surface area (Å²) in [5.41, 5.74) is 9.12. The number of hydrogen-bond acceptors (Lipinski definition) is 14. The monoisotopic (exact) mass is 1320 g/mol. The van der Waals surface area contributed by atoms with Crippen LogP contribution in [0.3, 0.4) is 0 Å². The molecule has 25 heteroatoms. The van der Waals surface area contributed by atoms with E-state index in [0.717, 1.165) is 160 Å². The highest BCUT2D eigenvalue weighted by molar-refractivity contribution is 7.92. The van der Waals surface area contributed by atoms with Gasteiger partial charge in [0.2, 0.25) is 10.0 Å². The Bertz CT molecular complexity index is 3530. The number of piperazine rings is 1. The normalized spacial score (nSPS) is 18.4. The second kappa shape index (κ2) is 29.4. The lowest BCUT2D eigenvalue weighted by molar-refractivity contribution is 0.0583. The van der Waals surface area contributed by atoms with Crippen LogP contribution in [0, 0.1) is 13.8 Å². The Hall–Kier alpha value is -6.92. The van der Waals surface area contributed by atoms with Gasteiger partial charge in [-0.05, 0) is 157 Å². The van der Waals surface area contributed by atoms with Crippen LogP contribution in [-0.2, 0) is 29.7 Å². The van der Waals surface area contributed by atoms with Gasteiger partial charge < -0.3 is 30.2 Å². The molecule has 6 fully saturated rings. The highest BCUT2D eigenvalue weighted by atomic mass is 35.5. The number of hydrogen-bond donors (Lipinski definition) is 3.